The van der Waals surface area contributed by atoms with Crippen LogP contribution in [0.15, 0.2) is 121 Å². The first-order valence-electron chi connectivity index (χ1n) is 11.4. The number of hydrogen-bond acceptors (Lipinski definition) is 3. The van der Waals surface area contributed by atoms with Gasteiger partial charge in [-0.15, -0.1) is 0 Å². The Labute approximate surface area is 208 Å². The lowest BCUT2D eigenvalue weighted by molar-refractivity contribution is 1.07. The molecule has 0 unspecified atom stereocenters. The Morgan fingerprint density at radius 1 is 0.400 bits per heavy atom. The molecule has 0 saturated carbocycles. The lowest BCUT2D eigenvalue weighted by atomic mass is 9.97. The van der Waals surface area contributed by atoms with Crippen molar-refractivity contribution < 1.29 is 0 Å². The summed E-state index contributed by atoms with van der Waals surface area (Å²) in [6, 6.07) is 41.4. The van der Waals surface area contributed by atoms with Crippen molar-refractivity contribution in [3.05, 3.63) is 127 Å². The molecule has 4 heteroatoms. The van der Waals surface area contributed by atoms with Gasteiger partial charge in [-0.3, -0.25) is 0 Å². The third-order valence-electron chi connectivity index (χ3n) is 6.10. The average Bonchev–Trinajstić information content (AvgIpc) is 2.93. The van der Waals surface area contributed by atoms with Gasteiger partial charge in [0, 0.05) is 11.1 Å². The zero-order valence-electron chi connectivity index (χ0n) is 18.8. The Morgan fingerprint density at radius 3 is 1.80 bits per heavy atom. The highest BCUT2D eigenvalue weighted by atomic mass is 35.5. The van der Waals surface area contributed by atoms with Crippen molar-refractivity contribution in [2.45, 2.75) is 0 Å². The van der Waals surface area contributed by atoms with Gasteiger partial charge in [0.25, 0.3) is 0 Å². The van der Waals surface area contributed by atoms with Crippen LogP contribution in [0, 0.1) is 0 Å². The van der Waals surface area contributed by atoms with Crippen LogP contribution in [0.25, 0.3) is 55.8 Å². The molecule has 0 bridgehead atoms. The number of benzene rings is 5. The molecular formula is C31H20ClN3. The highest BCUT2D eigenvalue weighted by molar-refractivity contribution is 6.28. The topological polar surface area (TPSA) is 38.7 Å². The van der Waals surface area contributed by atoms with Crippen molar-refractivity contribution in [2.24, 2.45) is 0 Å². The monoisotopic (exact) mass is 469 g/mol. The summed E-state index contributed by atoms with van der Waals surface area (Å²) in [5.74, 6) is 1.10. The summed E-state index contributed by atoms with van der Waals surface area (Å²) in [6.07, 6.45) is 0. The first kappa shape index (κ1) is 21.2. The van der Waals surface area contributed by atoms with Crippen LogP contribution < -0.4 is 0 Å². The highest BCUT2D eigenvalue weighted by Gasteiger charge is 2.14. The zero-order valence-corrected chi connectivity index (χ0v) is 19.5. The maximum Gasteiger partial charge on any atom is 0.226 e. The van der Waals surface area contributed by atoms with Crippen LogP contribution in [0.1, 0.15) is 0 Å². The molecule has 0 atom stereocenters. The molecule has 0 fully saturated rings. The summed E-state index contributed by atoms with van der Waals surface area (Å²) in [5.41, 5.74) is 6.28. The fraction of sp³-hybridized carbons (Fsp3) is 0. The third-order valence-corrected chi connectivity index (χ3v) is 6.27. The van der Waals surface area contributed by atoms with Crippen molar-refractivity contribution >= 4 is 22.4 Å². The largest absolute Gasteiger partial charge is 0.226 e. The molecule has 0 aliphatic carbocycles. The number of hydrogen-bond donors (Lipinski definition) is 0. The van der Waals surface area contributed by atoms with Crippen molar-refractivity contribution in [1.29, 1.82) is 0 Å². The summed E-state index contributed by atoms with van der Waals surface area (Å²) >= 11 is 6.38. The van der Waals surface area contributed by atoms with E-state index in [2.05, 4.69) is 82.8 Å². The van der Waals surface area contributed by atoms with E-state index < -0.39 is 0 Å². The minimum Gasteiger partial charge on any atom is -0.208 e. The van der Waals surface area contributed by atoms with Gasteiger partial charge < -0.3 is 0 Å². The van der Waals surface area contributed by atoms with Gasteiger partial charge in [0.15, 0.2) is 11.6 Å². The van der Waals surface area contributed by atoms with Crippen LogP contribution in [-0.2, 0) is 0 Å². The van der Waals surface area contributed by atoms with Crippen LogP contribution in [0.2, 0.25) is 5.28 Å². The number of nitrogens with zero attached hydrogens (tertiary/aromatic N) is 3. The second-order valence-electron chi connectivity index (χ2n) is 8.27. The van der Waals surface area contributed by atoms with Crippen molar-refractivity contribution in [3.8, 4) is 45.0 Å². The van der Waals surface area contributed by atoms with E-state index in [1.54, 1.807) is 0 Å². The molecule has 5 aromatic carbocycles. The molecule has 6 aromatic rings. The smallest absolute Gasteiger partial charge is 0.208 e. The summed E-state index contributed by atoms with van der Waals surface area (Å²) in [6.45, 7) is 0. The highest BCUT2D eigenvalue weighted by Crippen LogP contribution is 2.33. The summed E-state index contributed by atoms with van der Waals surface area (Å²) in [5, 5.41) is 2.62. The Hall–Kier alpha value is -4.34. The zero-order chi connectivity index (χ0) is 23.6. The van der Waals surface area contributed by atoms with E-state index in [1.807, 2.05) is 48.5 Å². The molecule has 0 spiro atoms. The van der Waals surface area contributed by atoms with Crippen LogP contribution in [0.4, 0.5) is 0 Å². The van der Waals surface area contributed by atoms with Crippen molar-refractivity contribution in [2.75, 3.05) is 0 Å². The molecule has 1 heterocycles. The van der Waals surface area contributed by atoms with Crippen molar-refractivity contribution in [1.82, 2.24) is 15.0 Å². The van der Waals surface area contributed by atoms with E-state index >= 15 is 0 Å². The van der Waals surface area contributed by atoms with Gasteiger partial charge in [-0.05, 0) is 44.6 Å². The van der Waals surface area contributed by atoms with Crippen LogP contribution in [0.5, 0.6) is 0 Å². The second kappa shape index (κ2) is 9.13. The van der Waals surface area contributed by atoms with Crippen molar-refractivity contribution in [3.63, 3.8) is 0 Å². The maximum atomic E-state index is 6.38. The van der Waals surface area contributed by atoms with E-state index in [4.69, 9.17) is 16.6 Å². The average molecular weight is 470 g/mol. The van der Waals surface area contributed by atoms with Crippen LogP contribution >= 0.6 is 11.6 Å². The first-order valence-corrected chi connectivity index (χ1v) is 11.8. The van der Waals surface area contributed by atoms with Gasteiger partial charge in [-0.2, -0.15) is 9.97 Å². The number of rotatable bonds is 4. The van der Waals surface area contributed by atoms with E-state index in [-0.39, 0.29) is 5.28 Å². The molecule has 0 radical (unpaired) electrons. The Bertz CT molecular complexity index is 1640. The van der Waals surface area contributed by atoms with E-state index in [0.29, 0.717) is 11.6 Å². The molecule has 0 aliphatic rings. The van der Waals surface area contributed by atoms with E-state index in [9.17, 15) is 0 Å². The molecular weight excluding hydrogens is 450 g/mol. The third kappa shape index (κ3) is 4.18. The molecule has 166 valence electrons. The molecule has 0 aliphatic heterocycles. The van der Waals surface area contributed by atoms with Gasteiger partial charge in [0.1, 0.15) is 0 Å². The Kier molecular flexibility index (Phi) is 5.53. The number of fused-ring (bicyclic) bond motifs is 1. The SMILES string of the molecule is Clc1nc(-c2ccc(-c3cccc4ccccc34)cc2)nc(-c2ccccc2-c2ccccc2)n1. The summed E-state index contributed by atoms with van der Waals surface area (Å²) < 4.78 is 0. The minimum absolute atomic E-state index is 0.172. The molecule has 1 aromatic heterocycles. The Morgan fingerprint density at radius 2 is 0.971 bits per heavy atom. The van der Waals surface area contributed by atoms with E-state index in [1.165, 1.54) is 16.3 Å². The number of aromatic nitrogens is 3. The van der Waals surface area contributed by atoms with Gasteiger partial charge in [0.2, 0.25) is 5.28 Å². The molecule has 35 heavy (non-hydrogen) atoms. The summed E-state index contributed by atoms with van der Waals surface area (Å²) in [7, 11) is 0. The first-order chi connectivity index (χ1) is 17.3. The quantitative estimate of drug-likeness (QED) is 0.260. The van der Waals surface area contributed by atoms with Gasteiger partial charge in [0.05, 0.1) is 0 Å². The Balaban J connectivity index is 1.40. The molecule has 3 nitrogen and oxygen atoms in total. The predicted molar refractivity (Wildman–Crippen MR) is 144 cm³/mol. The van der Waals surface area contributed by atoms with Gasteiger partial charge >= 0.3 is 0 Å². The fourth-order valence-electron chi connectivity index (χ4n) is 4.42. The second-order valence-corrected chi connectivity index (χ2v) is 8.61. The lowest BCUT2D eigenvalue weighted by Gasteiger charge is -2.11. The van der Waals surface area contributed by atoms with E-state index in [0.717, 1.165) is 27.8 Å². The molecule has 0 saturated heterocycles. The summed E-state index contributed by atoms with van der Waals surface area (Å²) in [4.78, 5) is 13.7. The normalized spacial score (nSPS) is 11.0. The molecule has 0 amide bonds. The molecule has 0 N–H and O–H groups in total. The maximum absolute atomic E-state index is 6.38. The standard InChI is InChI=1S/C31H20ClN3/c32-31-34-29(33-30(35-31)28-15-7-6-14-27(28)21-9-2-1-3-10-21)24-19-17-23(18-20-24)26-16-8-12-22-11-4-5-13-25(22)26/h1-20H. The van der Waals surface area contributed by atoms with Gasteiger partial charge in [-0.25, -0.2) is 4.98 Å². The minimum atomic E-state index is 0.172. The number of halogens is 1. The van der Waals surface area contributed by atoms with Crippen LogP contribution in [0.3, 0.4) is 0 Å². The predicted octanol–water partition coefficient (Wildman–Crippen LogP) is 8.35. The lowest BCUT2D eigenvalue weighted by Crippen LogP contribution is -1.98. The fourth-order valence-corrected chi connectivity index (χ4v) is 4.58. The van der Waals surface area contributed by atoms with Gasteiger partial charge in [-0.1, -0.05) is 121 Å². The molecule has 6 rings (SSSR count). The van der Waals surface area contributed by atoms with Crippen LogP contribution in [-0.4, -0.2) is 15.0 Å².